The van der Waals surface area contributed by atoms with Crippen LogP contribution in [0.2, 0.25) is 0 Å². The molecule has 2 rings (SSSR count). The average Bonchev–Trinajstić information content (AvgIpc) is 2.30. The number of nitrogens with one attached hydrogen (secondary N) is 1. The van der Waals surface area contributed by atoms with Gasteiger partial charge in [0, 0.05) is 27.4 Å². The third-order valence-corrected chi connectivity index (χ3v) is 3.44. The third kappa shape index (κ3) is 2.46. The lowest BCUT2D eigenvalue weighted by molar-refractivity contribution is -0.136. The van der Waals surface area contributed by atoms with Crippen molar-refractivity contribution in [2.75, 3.05) is 0 Å². The first-order chi connectivity index (χ1) is 8.49. The van der Waals surface area contributed by atoms with E-state index < -0.39 is 5.97 Å². The lowest BCUT2D eigenvalue weighted by Crippen LogP contribution is -2.16. The van der Waals surface area contributed by atoms with Crippen LogP contribution in [0.4, 0.5) is 0 Å². The molecule has 18 heavy (non-hydrogen) atoms. The predicted octanol–water partition coefficient (Wildman–Crippen LogP) is 2.62. The molecule has 1 heterocycles. The van der Waals surface area contributed by atoms with Crippen LogP contribution in [0.1, 0.15) is 17.5 Å². The molecule has 2 aromatic rings. The second-order valence-electron chi connectivity index (χ2n) is 4.14. The van der Waals surface area contributed by atoms with E-state index in [9.17, 15) is 9.59 Å². The Morgan fingerprint density at radius 3 is 2.83 bits per heavy atom. The van der Waals surface area contributed by atoms with Crippen molar-refractivity contribution < 1.29 is 9.90 Å². The van der Waals surface area contributed by atoms with Crippen LogP contribution >= 0.6 is 15.9 Å². The molecule has 0 aliphatic rings. The van der Waals surface area contributed by atoms with E-state index in [-0.39, 0.29) is 18.4 Å². The van der Waals surface area contributed by atoms with Crippen molar-refractivity contribution in [2.24, 2.45) is 0 Å². The highest BCUT2D eigenvalue weighted by atomic mass is 79.9. The summed E-state index contributed by atoms with van der Waals surface area (Å²) in [6, 6.07) is 5.61. The quantitative estimate of drug-likeness (QED) is 0.915. The molecule has 0 saturated carbocycles. The molecule has 1 aromatic heterocycles. The van der Waals surface area contributed by atoms with Crippen molar-refractivity contribution >= 4 is 32.8 Å². The Balaban J connectivity index is 2.59. The zero-order valence-corrected chi connectivity index (χ0v) is 11.4. The van der Waals surface area contributed by atoms with Gasteiger partial charge in [-0.1, -0.05) is 15.9 Å². The van der Waals surface area contributed by atoms with Gasteiger partial charge in [0.25, 0.3) is 5.56 Å². The molecule has 4 nitrogen and oxygen atoms in total. The second-order valence-corrected chi connectivity index (χ2v) is 5.06. The largest absolute Gasteiger partial charge is 0.481 e. The first-order valence-electron chi connectivity index (χ1n) is 5.52. The van der Waals surface area contributed by atoms with Crippen LogP contribution < -0.4 is 5.56 Å². The fourth-order valence-corrected chi connectivity index (χ4v) is 2.36. The summed E-state index contributed by atoms with van der Waals surface area (Å²) in [6.45, 7) is 1.85. The number of carboxylic acids is 1. The number of carbonyl (C=O) groups is 1. The number of rotatable bonds is 3. The number of aryl methyl sites for hydroxylation is 1. The highest BCUT2D eigenvalue weighted by molar-refractivity contribution is 9.10. The molecule has 0 spiro atoms. The van der Waals surface area contributed by atoms with E-state index in [0.717, 1.165) is 20.9 Å². The molecule has 0 fully saturated rings. The normalized spacial score (nSPS) is 10.8. The number of benzene rings is 1. The summed E-state index contributed by atoms with van der Waals surface area (Å²) in [5.41, 5.74) is 1.95. The van der Waals surface area contributed by atoms with Crippen LogP contribution in [0.15, 0.2) is 27.5 Å². The van der Waals surface area contributed by atoms with Gasteiger partial charge >= 0.3 is 5.97 Å². The van der Waals surface area contributed by atoms with Gasteiger partial charge in [0.15, 0.2) is 0 Å². The first kappa shape index (κ1) is 12.8. The van der Waals surface area contributed by atoms with Crippen molar-refractivity contribution in [1.29, 1.82) is 0 Å². The van der Waals surface area contributed by atoms with Gasteiger partial charge in [-0.3, -0.25) is 9.59 Å². The molecule has 0 atom stereocenters. The first-order valence-corrected chi connectivity index (χ1v) is 6.31. The highest BCUT2D eigenvalue weighted by Gasteiger charge is 2.10. The number of hydrogen-bond donors (Lipinski definition) is 2. The summed E-state index contributed by atoms with van der Waals surface area (Å²) in [5, 5.41) is 9.63. The lowest BCUT2D eigenvalue weighted by Gasteiger charge is -2.08. The predicted molar refractivity (Wildman–Crippen MR) is 73.0 cm³/mol. The van der Waals surface area contributed by atoms with Crippen LogP contribution in [0, 0.1) is 6.92 Å². The Bertz CT molecular complexity index is 676. The Morgan fingerprint density at radius 2 is 2.17 bits per heavy atom. The van der Waals surface area contributed by atoms with Gasteiger partial charge in [-0.15, -0.1) is 0 Å². The number of fused-ring (bicyclic) bond motifs is 1. The highest BCUT2D eigenvalue weighted by Crippen LogP contribution is 2.22. The molecular formula is C13H12BrNO3. The molecule has 0 unspecified atom stereocenters. The smallest absolute Gasteiger partial charge is 0.303 e. The molecular weight excluding hydrogens is 298 g/mol. The number of carboxylic acid groups (broad SMARTS) is 1. The Morgan fingerprint density at radius 1 is 1.44 bits per heavy atom. The Hall–Kier alpha value is -1.62. The molecule has 2 N–H and O–H groups in total. The Labute approximate surface area is 112 Å². The minimum atomic E-state index is -0.900. The summed E-state index contributed by atoms with van der Waals surface area (Å²) in [5.74, 6) is -0.900. The molecule has 0 bridgehead atoms. The number of aromatic amines is 1. The number of aromatic nitrogens is 1. The minimum absolute atomic E-state index is 0.0383. The van der Waals surface area contributed by atoms with E-state index >= 15 is 0 Å². The molecule has 0 amide bonds. The van der Waals surface area contributed by atoms with Gasteiger partial charge < -0.3 is 10.1 Å². The molecule has 0 radical (unpaired) electrons. The van der Waals surface area contributed by atoms with Gasteiger partial charge in [-0.2, -0.15) is 0 Å². The summed E-state index contributed by atoms with van der Waals surface area (Å²) in [4.78, 5) is 25.3. The van der Waals surface area contributed by atoms with Crippen molar-refractivity contribution in [1.82, 2.24) is 4.98 Å². The standard InChI is InChI=1S/C13H12BrNO3/c1-7-9(3-5-12(16)17)13(18)15-11-4-2-8(14)6-10(7)11/h2,4,6H,3,5H2,1H3,(H,15,18)(H,16,17). The van der Waals surface area contributed by atoms with Gasteiger partial charge in [0.05, 0.1) is 0 Å². The maximum Gasteiger partial charge on any atom is 0.303 e. The van der Waals surface area contributed by atoms with Crippen LogP contribution in [0.3, 0.4) is 0 Å². The van der Waals surface area contributed by atoms with Gasteiger partial charge in [0.1, 0.15) is 0 Å². The Kier molecular flexibility index (Phi) is 3.52. The van der Waals surface area contributed by atoms with Crippen molar-refractivity contribution in [3.63, 3.8) is 0 Å². The van der Waals surface area contributed by atoms with Crippen LogP contribution in [-0.2, 0) is 11.2 Å². The maximum atomic E-state index is 11.9. The summed E-state index contributed by atoms with van der Waals surface area (Å²) < 4.78 is 0.925. The van der Waals surface area contributed by atoms with Crippen molar-refractivity contribution in [3.8, 4) is 0 Å². The van der Waals surface area contributed by atoms with Crippen LogP contribution in [0.25, 0.3) is 10.9 Å². The molecule has 0 saturated heterocycles. The monoisotopic (exact) mass is 309 g/mol. The number of halogens is 1. The van der Waals surface area contributed by atoms with Crippen LogP contribution in [-0.4, -0.2) is 16.1 Å². The van der Waals surface area contributed by atoms with E-state index in [2.05, 4.69) is 20.9 Å². The lowest BCUT2D eigenvalue weighted by atomic mass is 10.0. The number of aliphatic carboxylic acids is 1. The number of pyridine rings is 1. The van der Waals surface area contributed by atoms with Crippen LogP contribution in [0.5, 0.6) is 0 Å². The topological polar surface area (TPSA) is 70.2 Å². The fraction of sp³-hybridized carbons (Fsp3) is 0.231. The maximum absolute atomic E-state index is 11.9. The fourth-order valence-electron chi connectivity index (χ4n) is 2.00. The van der Waals surface area contributed by atoms with E-state index in [1.807, 2.05) is 25.1 Å². The molecule has 5 heteroatoms. The van der Waals surface area contributed by atoms with E-state index in [0.29, 0.717) is 5.56 Å². The summed E-state index contributed by atoms with van der Waals surface area (Å²) in [6.07, 6.45) is 0.211. The van der Waals surface area contributed by atoms with Crippen molar-refractivity contribution in [2.45, 2.75) is 19.8 Å². The number of H-pyrrole nitrogens is 1. The zero-order valence-electron chi connectivity index (χ0n) is 9.79. The molecule has 1 aromatic carbocycles. The number of hydrogen-bond acceptors (Lipinski definition) is 2. The molecule has 0 aliphatic carbocycles. The van der Waals surface area contributed by atoms with Gasteiger partial charge in [-0.25, -0.2) is 0 Å². The average molecular weight is 310 g/mol. The molecule has 94 valence electrons. The van der Waals surface area contributed by atoms with Gasteiger partial charge in [-0.05, 0) is 37.1 Å². The summed E-state index contributed by atoms with van der Waals surface area (Å²) >= 11 is 3.39. The third-order valence-electron chi connectivity index (χ3n) is 2.95. The molecule has 0 aliphatic heterocycles. The summed E-state index contributed by atoms with van der Waals surface area (Å²) in [7, 11) is 0. The van der Waals surface area contributed by atoms with Crippen molar-refractivity contribution in [3.05, 3.63) is 44.2 Å². The minimum Gasteiger partial charge on any atom is -0.481 e. The van der Waals surface area contributed by atoms with Gasteiger partial charge in [0.2, 0.25) is 0 Å². The SMILES string of the molecule is Cc1c(CCC(=O)O)c(=O)[nH]c2ccc(Br)cc12. The van der Waals surface area contributed by atoms with E-state index in [1.54, 1.807) is 0 Å². The second kappa shape index (κ2) is 4.94. The van der Waals surface area contributed by atoms with E-state index in [4.69, 9.17) is 5.11 Å². The van der Waals surface area contributed by atoms with E-state index in [1.165, 1.54) is 0 Å². The zero-order chi connectivity index (χ0) is 13.3.